The molecule has 16 heavy (non-hydrogen) atoms. The highest BCUT2D eigenvalue weighted by Crippen LogP contribution is 2.18. The maximum Gasteiger partial charge on any atom is 0.105 e. The van der Waals surface area contributed by atoms with E-state index in [2.05, 4.69) is 17.9 Å². The lowest BCUT2D eigenvalue weighted by Gasteiger charge is -2.21. The summed E-state index contributed by atoms with van der Waals surface area (Å²) in [6.45, 7) is 9.88. The molecular weight excluding hydrogens is 201 g/mol. The molecule has 0 aliphatic carbocycles. The van der Waals surface area contributed by atoms with Crippen molar-refractivity contribution in [2.24, 2.45) is 0 Å². The van der Waals surface area contributed by atoms with Crippen molar-refractivity contribution in [3.8, 4) is 0 Å². The van der Waals surface area contributed by atoms with E-state index in [4.69, 9.17) is 0 Å². The number of hydrogen-bond acceptors (Lipinski definition) is 1. The van der Waals surface area contributed by atoms with Gasteiger partial charge in [-0.25, -0.2) is 4.39 Å². The maximum atomic E-state index is 12.6. The van der Waals surface area contributed by atoms with Gasteiger partial charge in [0.15, 0.2) is 0 Å². The molecule has 1 fully saturated rings. The molecule has 1 atom stereocenters. The maximum absolute atomic E-state index is 12.6. The molecule has 2 heteroatoms. The van der Waals surface area contributed by atoms with Crippen molar-refractivity contribution < 1.29 is 4.39 Å². The van der Waals surface area contributed by atoms with Crippen LogP contribution in [0.5, 0.6) is 0 Å². The van der Waals surface area contributed by atoms with Crippen LogP contribution in [0.4, 0.5) is 4.39 Å². The van der Waals surface area contributed by atoms with E-state index in [0.29, 0.717) is 0 Å². The number of allylic oxidation sites excluding steroid dienone is 3. The fourth-order valence-electron chi connectivity index (χ4n) is 1.91. The molecule has 0 aromatic heterocycles. The minimum absolute atomic E-state index is 0.170. The summed E-state index contributed by atoms with van der Waals surface area (Å²) in [4.78, 5) is 2.25. The second kappa shape index (κ2) is 9.59. The summed E-state index contributed by atoms with van der Waals surface area (Å²) in [5.41, 5.74) is 1.31. The summed E-state index contributed by atoms with van der Waals surface area (Å²) in [5.74, 6) is 0. The molecule has 0 unspecified atom stereocenters. The number of alkyl halides is 1. The molecule has 94 valence electrons. The van der Waals surface area contributed by atoms with Crippen molar-refractivity contribution in [3.63, 3.8) is 0 Å². The van der Waals surface area contributed by atoms with Gasteiger partial charge in [0, 0.05) is 12.6 Å². The Hall–Kier alpha value is -0.630. The first-order chi connectivity index (χ1) is 7.77. The Kier molecular flexibility index (Phi) is 9.21. The standard InChI is InChI=1S/C12H20FN.C2H6/c1-3-4-6-11(2)10-14-8-5-7-12(14)9-13;1-2/h3-4,6,12H,5,7-10H2,1-2H3;1-2H3/b4-3-,11-6+;/t12-;/m0./s1. The van der Waals surface area contributed by atoms with Crippen LogP contribution in [0.1, 0.15) is 40.5 Å². The highest BCUT2D eigenvalue weighted by Gasteiger charge is 2.23. The minimum atomic E-state index is -0.198. The first-order valence-electron chi connectivity index (χ1n) is 6.36. The predicted molar refractivity (Wildman–Crippen MR) is 70.5 cm³/mol. The second-order valence-electron chi connectivity index (χ2n) is 3.96. The van der Waals surface area contributed by atoms with Crippen molar-refractivity contribution in [3.05, 3.63) is 23.8 Å². The van der Waals surface area contributed by atoms with Crippen LogP contribution in [-0.2, 0) is 0 Å². The van der Waals surface area contributed by atoms with Gasteiger partial charge in [0.25, 0.3) is 0 Å². The first-order valence-corrected chi connectivity index (χ1v) is 6.36. The summed E-state index contributed by atoms with van der Waals surface area (Å²) in [5, 5.41) is 0. The van der Waals surface area contributed by atoms with E-state index in [1.54, 1.807) is 0 Å². The minimum Gasteiger partial charge on any atom is -0.294 e. The van der Waals surface area contributed by atoms with Crippen LogP contribution >= 0.6 is 0 Å². The molecule has 0 amide bonds. The molecular formula is C14H26FN. The van der Waals surface area contributed by atoms with Gasteiger partial charge in [-0.3, -0.25) is 4.90 Å². The molecule has 0 aromatic carbocycles. The van der Waals surface area contributed by atoms with Crippen LogP contribution in [0.25, 0.3) is 0 Å². The van der Waals surface area contributed by atoms with E-state index in [-0.39, 0.29) is 12.7 Å². The third-order valence-corrected chi connectivity index (χ3v) is 2.70. The number of halogens is 1. The lowest BCUT2D eigenvalue weighted by molar-refractivity contribution is 0.230. The van der Waals surface area contributed by atoms with Crippen molar-refractivity contribution in [2.75, 3.05) is 19.8 Å². The number of nitrogens with zero attached hydrogens (tertiary/aromatic N) is 1. The topological polar surface area (TPSA) is 3.24 Å². The number of likely N-dealkylation sites (tertiary alicyclic amines) is 1. The average molecular weight is 227 g/mol. The van der Waals surface area contributed by atoms with E-state index in [1.807, 2.05) is 32.9 Å². The van der Waals surface area contributed by atoms with Crippen molar-refractivity contribution in [1.29, 1.82) is 0 Å². The van der Waals surface area contributed by atoms with Crippen LogP contribution in [0.15, 0.2) is 23.8 Å². The molecule has 0 N–H and O–H groups in total. The zero-order chi connectivity index (χ0) is 12.4. The largest absolute Gasteiger partial charge is 0.294 e. The Labute approximate surface area is 100 Å². The van der Waals surface area contributed by atoms with E-state index in [0.717, 1.165) is 25.9 Å². The molecule has 0 bridgehead atoms. The molecule has 1 aliphatic heterocycles. The summed E-state index contributed by atoms with van der Waals surface area (Å²) < 4.78 is 12.6. The van der Waals surface area contributed by atoms with Gasteiger partial charge in [-0.05, 0) is 33.2 Å². The van der Waals surface area contributed by atoms with E-state index >= 15 is 0 Å². The summed E-state index contributed by atoms with van der Waals surface area (Å²) in [7, 11) is 0. The Morgan fingerprint density at radius 1 is 1.44 bits per heavy atom. The van der Waals surface area contributed by atoms with Crippen LogP contribution < -0.4 is 0 Å². The highest BCUT2D eigenvalue weighted by atomic mass is 19.1. The lowest BCUT2D eigenvalue weighted by atomic mass is 10.2. The lowest BCUT2D eigenvalue weighted by Crippen LogP contribution is -2.32. The summed E-state index contributed by atoms with van der Waals surface area (Å²) in [6, 6.07) is 0.170. The zero-order valence-electron chi connectivity index (χ0n) is 11.2. The van der Waals surface area contributed by atoms with Gasteiger partial charge >= 0.3 is 0 Å². The second-order valence-corrected chi connectivity index (χ2v) is 3.96. The molecule has 0 spiro atoms. The van der Waals surface area contributed by atoms with Crippen LogP contribution in [0.3, 0.4) is 0 Å². The molecule has 1 nitrogen and oxygen atoms in total. The van der Waals surface area contributed by atoms with Crippen LogP contribution in [0, 0.1) is 0 Å². The molecule has 0 aromatic rings. The molecule has 1 aliphatic rings. The third-order valence-electron chi connectivity index (χ3n) is 2.70. The average Bonchev–Trinajstić information content (AvgIpc) is 2.76. The highest BCUT2D eigenvalue weighted by molar-refractivity contribution is 5.11. The van der Waals surface area contributed by atoms with Crippen molar-refractivity contribution >= 4 is 0 Å². The normalized spacial score (nSPS) is 22.3. The van der Waals surface area contributed by atoms with Gasteiger partial charge in [0.1, 0.15) is 6.67 Å². The van der Waals surface area contributed by atoms with Crippen LogP contribution in [0.2, 0.25) is 0 Å². The Morgan fingerprint density at radius 3 is 2.69 bits per heavy atom. The number of hydrogen-bond donors (Lipinski definition) is 0. The Morgan fingerprint density at radius 2 is 2.12 bits per heavy atom. The van der Waals surface area contributed by atoms with E-state index < -0.39 is 0 Å². The third kappa shape index (κ3) is 5.45. The molecule has 0 radical (unpaired) electrons. The van der Waals surface area contributed by atoms with Gasteiger partial charge in [-0.1, -0.05) is 37.6 Å². The van der Waals surface area contributed by atoms with Gasteiger partial charge in [0.05, 0.1) is 0 Å². The fourth-order valence-corrected chi connectivity index (χ4v) is 1.91. The van der Waals surface area contributed by atoms with Crippen LogP contribution in [-0.4, -0.2) is 30.7 Å². The molecule has 1 saturated heterocycles. The SMILES string of the molecule is C/C=C\C=C(/C)CN1CCC[C@H]1CF.CC. The molecule has 1 rings (SSSR count). The zero-order valence-corrected chi connectivity index (χ0v) is 11.2. The smallest absolute Gasteiger partial charge is 0.105 e. The number of rotatable bonds is 4. The fraction of sp³-hybridized carbons (Fsp3) is 0.714. The molecule has 0 saturated carbocycles. The Bertz CT molecular complexity index is 221. The molecule has 1 heterocycles. The summed E-state index contributed by atoms with van der Waals surface area (Å²) >= 11 is 0. The van der Waals surface area contributed by atoms with E-state index in [9.17, 15) is 4.39 Å². The predicted octanol–water partition coefficient (Wildman–Crippen LogP) is 3.97. The van der Waals surface area contributed by atoms with Crippen molar-refractivity contribution in [1.82, 2.24) is 4.90 Å². The van der Waals surface area contributed by atoms with Gasteiger partial charge in [-0.2, -0.15) is 0 Å². The van der Waals surface area contributed by atoms with Gasteiger partial charge in [0.2, 0.25) is 0 Å². The monoisotopic (exact) mass is 227 g/mol. The first kappa shape index (κ1) is 15.4. The van der Waals surface area contributed by atoms with Gasteiger partial charge in [-0.15, -0.1) is 0 Å². The van der Waals surface area contributed by atoms with Crippen molar-refractivity contribution in [2.45, 2.75) is 46.6 Å². The Balaban J connectivity index is 0.00000106. The van der Waals surface area contributed by atoms with E-state index in [1.165, 1.54) is 5.57 Å². The van der Waals surface area contributed by atoms with Gasteiger partial charge < -0.3 is 0 Å². The summed E-state index contributed by atoms with van der Waals surface area (Å²) in [6.07, 6.45) is 8.32. The quantitative estimate of drug-likeness (QED) is 0.657.